The van der Waals surface area contributed by atoms with E-state index >= 15 is 0 Å². The first kappa shape index (κ1) is 15.9. The summed E-state index contributed by atoms with van der Waals surface area (Å²) in [5.74, 6) is 0.505. The summed E-state index contributed by atoms with van der Waals surface area (Å²) >= 11 is 1.53. The average Bonchev–Trinajstić information content (AvgIpc) is 2.38. The van der Waals surface area contributed by atoms with Crippen LogP contribution in [0.15, 0.2) is 23.6 Å². The number of carbonyl (C=O) groups is 1. The number of methoxy groups -OCH3 is 1. The third kappa shape index (κ3) is 5.16. The van der Waals surface area contributed by atoms with Gasteiger partial charge < -0.3 is 4.74 Å². The van der Waals surface area contributed by atoms with Crippen LogP contribution in [-0.4, -0.2) is 40.4 Å². The maximum atomic E-state index is 11.9. The maximum absolute atomic E-state index is 11.9. The molecule has 1 atom stereocenters. The lowest BCUT2D eigenvalue weighted by Crippen LogP contribution is -2.53. The second-order valence-electron chi connectivity index (χ2n) is 4.75. The Kier molecular flexibility index (Phi) is 6.24. The first-order valence-corrected chi connectivity index (χ1v) is 7.22. The van der Waals surface area contributed by atoms with Crippen molar-refractivity contribution in [2.75, 3.05) is 12.9 Å². The van der Waals surface area contributed by atoms with Gasteiger partial charge in [-0.2, -0.15) is 0 Å². The molecule has 1 heterocycles. The molecule has 0 aliphatic carbocycles. The van der Waals surface area contributed by atoms with Gasteiger partial charge >= 0.3 is 5.97 Å². The van der Waals surface area contributed by atoms with Crippen molar-refractivity contribution in [3.63, 3.8) is 0 Å². The van der Waals surface area contributed by atoms with E-state index in [2.05, 4.69) is 15.3 Å². The molecule has 1 rings (SSSR count). The van der Waals surface area contributed by atoms with Crippen molar-refractivity contribution in [1.82, 2.24) is 15.3 Å². The van der Waals surface area contributed by atoms with Crippen LogP contribution in [0.25, 0.3) is 0 Å². The second-order valence-corrected chi connectivity index (χ2v) is 5.81. The van der Waals surface area contributed by atoms with Crippen LogP contribution >= 0.6 is 11.8 Å². The Bertz CT molecular complexity index is 400. The predicted molar refractivity (Wildman–Crippen MR) is 76.1 cm³/mol. The first-order chi connectivity index (χ1) is 8.98. The summed E-state index contributed by atoms with van der Waals surface area (Å²) in [5.41, 5.74) is -0.676. The Morgan fingerprint density at radius 1 is 1.47 bits per heavy atom. The number of nitrogens with zero attached hydrogens (tertiary/aromatic N) is 2. The topological polar surface area (TPSA) is 64.1 Å². The Hall–Kier alpha value is -1.14. The highest BCUT2D eigenvalue weighted by atomic mass is 32.2. The number of esters is 1. The molecule has 1 aromatic rings. The number of aromatic nitrogens is 2. The van der Waals surface area contributed by atoms with Gasteiger partial charge in [0.15, 0.2) is 5.16 Å². The summed E-state index contributed by atoms with van der Waals surface area (Å²) in [5, 5.41) is 3.99. The number of carbonyl (C=O) groups excluding carboxylic acids is 1. The van der Waals surface area contributed by atoms with Crippen LogP contribution < -0.4 is 5.32 Å². The van der Waals surface area contributed by atoms with Crippen molar-refractivity contribution < 1.29 is 9.53 Å². The third-order valence-electron chi connectivity index (χ3n) is 2.62. The summed E-state index contributed by atoms with van der Waals surface area (Å²) < 4.78 is 4.88. The molecule has 0 spiro atoms. The van der Waals surface area contributed by atoms with Crippen LogP contribution in [0.1, 0.15) is 27.2 Å². The quantitative estimate of drug-likeness (QED) is 0.468. The van der Waals surface area contributed by atoms with E-state index < -0.39 is 5.54 Å². The Morgan fingerprint density at radius 2 is 2.11 bits per heavy atom. The summed E-state index contributed by atoms with van der Waals surface area (Å²) in [4.78, 5) is 20.2. The Morgan fingerprint density at radius 3 is 2.63 bits per heavy atom. The van der Waals surface area contributed by atoms with Crippen LogP contribution in [-0.2, 0) is 9.53 Å². The maximum Gasteiger partial charge on any atom is 0.325 e. The second kappa shape index (κ2) is 7.45. The lowest BCUT2D eigenvalue weighted by Gasteiger charge is -2.30. The fourth-order valence-corrected chi connectivity index (χ4v) is 2.77. The molecule has 6 heteroatoms. The molecule has 0 radical (unpaired) electrons. The minimum Gasteiger partial charge on any atom is -0.468 e. The molecule has 0 aliphatic heterocycles. The SMILES string of the molecule is COC(=O)C(C)(CCSc1ncccn1)NC(C)C. The van der Waals surface area contributed by atoms with Crippen molar-refractivity contribution >= 4 is 17.7 Å². The number of hydrogen-bond donors (Lipinski definition) is 1. The molecular formula is C13H21N3O2S. The molecule has 1 unspecified atom stereocenters. The molecule has 19 heavy (non-hydrogen) atoms. The average molecular weight is 283 g/mol. The molecule has 0 aliphatic rings. The monoisotopic (exact) mass is 283 g/mol. The highest BCUT2D eigenvalue weighted by molar-refractivity contribution is 7.99. The van der Waals surface area contributed by atoms with Gasteiger partial charge in [-0.1, -0.05) is 11.8 Å². The molecule has 0 bridgehead atoms. The molecule has 0 aromatic carbocycles. The largest absolute Gasteiger partial charge is 0.468 e. The van der Waals surface area contributed by atoms with Crippen LogP contribution in [0.2, 0.25) is 0 Å². The van der Waals surface area contributed by atoms with Gasteiger partial charge in [-0.3, -0.25) is 10.1 Å². The van der Waals surface area contributed by atoms with E-state index in [4.69, 9.17) is 4.74 Å². The van der Waals surface area contributed by atoms with Crippen molar-refractivity contribution in [3.8, 4) is 0 Å². The van der Waals surface area contributed by atoms with E-state index in [1.807, 2.05) is 20.8 Å². The van der Waals surface area contributed by atoms with Gasteiger partial charge in [-0.05, 0) is 33.3 Å². The molecule has 0 fully saturated rings. The summed E-state index contributed by atoms with van der Waals surface area (Å²) in [6, 6.07) is 1.99. The third-order valence-corrected chi connectivity index (χ3v) is 3.50. The standard InChI is InChI=1S/C13H21N3O2S/c1-10(2)16-13(3,11(17)18-4)6-9-19-12-14-7-5-8-15-12/h5,7-8,10,16H,6,9H2,1-4H3. The number of ether oxygens (including phenoxy) is 1. The molecule has 0 amide bonds. The summed E-state index contributed by atoms with van der Waals surface area (Å²) in [6.45, 7) is 5.88. The van der Waals surface area contributed by atoms with Gasteiger partial charge in [-0.25, -0.2) is 9.97 Å². The van der Waals surface area contributed by atoms with Gasteiger partial charge in [0.05, 0.1) is 7.11 Å². The van der Waals surface area contributed by atoms with E-state index in [1.54, 1.807) is 18.5 Å². The first-order valence-electron chi connectivity index (χ1n) is 6.24. The predicted octanol–water partition coefficient (Wildman–Crippen LogP) is 1.89. The fraction of sp³-hybridized carbons (Fsp3) is 0.615. The van der Waals surface area contributed by atoms with Gasteiger partial charge in [0, 0.05) is 24.2 Å². The molecule has 5 nitrogen and oxygen atoms in total. The molecule has 1 N–H and O–H groups in total. The molecule has 1 aromatic heterocycles. The van der Waals surface area contributed by atoms with Crippen LogP contribution in [0.4, 0.5) is 0 Å². The van der Waals surface area contributed by atoms with Crippen LogP contribution in [0, 0.1) is 0 Å². The van der Waals surface area contributed by atoms with Crippen molar-refractivity contribution in [2.45, 2.75) is 43.9 Å². The molecular weight excluding hydrogens is 262 g/mol. The zero-order chi connectivity index (χ0) is 14.3. The van der Waals surface area contributed by atoms with Gasteiger partial charge in [0.2, 0.25) is 0 Å². The Balaban J connectivity index is 2.56. The van der Waals surface area contributed by atoms with E-state index in [9.17, 15) is 4.79 Å². The van der Waals surface area contributed by atoms with Crippen molar-refractivity contribution in [2.24, 2.45) is 0 Å². The van der Waals surface area contributed by atoms with E-state index in [0.717, 1.165) is 10.9 Å². The number of thioether (sulfide) groups is 1. The lowest BCUT2D eigenvalue weighted by atomic mass is 9.98. The highest BCUT2D eigenvalue weighted by Crippen LogP contribution is 2.20. The van der Waals surface area contributed by atoms with Crippen LogP contribution in [0.5, 0.6) is 0 Å². The minimum atomic E-state index is -0.676. The van der Waals surface area contributed by atoms with E-state index in [-0.39, 0.29) is 12.0 Å². The molecule has 106 valence electrons. The smallest absolute Gasteiger partial charge is 0.325 e. The van der Waals surface area contributed by atoms with Gasteiger partial charge in [-0.15, -0.1) is 0 Å². The zero-order valence-electron chi connectivity index (χ0n) is 11.8. The van der Waals surface area contributed by atoms with Gasteiger partial charge in [0.25, 0.3) is 0 Å². The minimum absolute atomic E-state index is 0.210. The number of nitrogens with one attached hydrogen (secondary N) is 1. The van der Waals surface area contributed by atoms with E-state index in [1.165, 1.54) is 18.9 Å². The van der Waals surface area contributed by atoms with Crippen LogP contribution in [0.3, 0.4) is 0 Å². The van der Waals surface area contributed by atoms with Gasteiger partial charge in [0.1, 0.15) is 5.54 Å². The summed E-state index contributed by atoms with van der Waals surface area (Å²) in [7, 11) is 1.41. The van der Waals surface area contributed by atoms with Crippen molar-refractivity contribution in [3.05, 3.63) is 18.5 Å². The summed E-state index contributed by atoms with van der Waals surface area (Å²) in [6.07, 6.45) is 4.07. The highest BCUT2D eigenvalue weighted by Gasteiger charge is 2.34. The zero-order valence-corrected chi connectivity index (χ0v) is 12.7. The molecule has 0 saturated heterocycles. The number of hydrogen-bond acceptors (Lipinski definition) is 6. The lowest BCUT2D eigenvalue weighted by molar-refractivity contribution is -0.148. The Labute approximate surface area is 118 Å². The van der Waals surface area contributed by atoms with E-state index in [0.29, 0.717) is 6.42 Å². The normalized spacial score (nSPS) is 14.2. The molecule has 0 saturated carbocycles. The number of rotatable bonds is 7. The van der Waals surface area contributed by atoms with Crippen molar-refractivity contribution in [1.29, 1.82) is 0 Å². The fourth-order valence-electron chi connectivity index (χ4n) is 1.80.